The molecule has 0 radical (unpaired) electrons. The Bertz CT molecular complexity index is 866. The van der Waals surface area contributed by atoms with Crippen molar-refractivity contribution >= 4 is 16.7 Å². The monoisotopic (exact) mass is 274 g/mol. The molecule has 0 aliphatic carbocycles. The van der Waals surface area contributed by atoms with Gasteiger partial charge in [0.1, 0.15) is 0 Å². The Morgan fingerprint density at radius 2 is 1.57 bits per heavy atom. The minimum atomic E-state index is -0.711. The van der Waals surface area contributed by atoms with E-state index in [1.54, 1.807) is 0 Å². The number of fused-ring (bicyclic) bond motifs is 2. The van der Waals surface area contributed by atoms with Gasteiger partial charge in [0.25, 0.3) is 0 Å². The Hall–Kier alpha value is -2.61. The van der Waals surface area contributed by atoms with Crippen LogP contribution >= 0.6 is 0 Å². The molecule has 0 saturated carbocycles. The van der Waals surface area contributed by atoms with Gasteiger partial charge < -0.3 is 4.74 Å². The predicted molar refractivity (Wildman–Crippen MR) is 82.3 cm³/mol. The Kier molecular flexibility index (Phi) is 2.43. The maximum absolute atomic E-state index is 12.1. The average molecular weight is 274 g/mol. The SMILES string of the molecule is C[C@]1(c2ccc3ccccc3c2)OC(=O)c2ccccc21. The first kappa shape index (κ1) is 12.2. The molecule has 0 unspecified atom stereocenters. The molecule has 1 atom stereocenters. The predicted octanol–water partition coefficient (Wildman–Crippen LogP) is 4.27. The molecule has 2 nitrogen and oxygen atoms in total. The van der Waals surface area contributed by atoms with E-state index in [1.165, 1.54) is 5.39 Å². The van der Waals surface area contributed by atoms with Crippen LogP contribution in [0.3, 0.4) is 0 Å². The van der Waals surface area contributed by atoms with Crippen LogP contribution in [0.1, 0.15) is 28.4 Å². The van der Waals surface area contributed by atoms with Crippen LogP contribution in [0.5, 0.6) is 0 Å². The zero-order chi connectivity index (χ0) is 14.4. The van der Waals surface area contributed by atoms with Gasteiger partial charge in [-0.25, -0.2) is 4.79 Å². The molecule has 0 spiro atoms. The maximum atomic E-state index is 12.1. The van der Waals surface area contributed by atoms with E-state index in [9.17, 15) is 4.79 Å². The van der Waals surface area contributed by atoms with Gasteiger partial charge in [-0.05, 0) is 29.8 Å². The number of carbonyl (C=O) groups excluding carboxylic acids is 1. The van der Waals surface area contributed by atoms with Crippen molar-refractivity contribution in [2.45, 2.75) is 12.5 Å². The highest BCUT2D eigenvalue weighted by atomic mass is 16.6. The molecule has 3 aromatic rings. The lowest BCUT2D eigenvalue weighted by atomic mass is 9.86. The number of esters is 1. The van der Waals surface area contributed by atoms with Crippen LogP contribution in [0, 0.1) is 0 Å². The van der Waals surface area contributed by atoms with E-state index in [0.717, 1.165) is 16.5 Å². The fourth-order valence-electron chi connectivity index (χ4n) is 3.07. The van der Waals surface area contributed by atoms with Crippen molar-refractivity contribution in [2.75, 3.05) is 0 Å². The third kappa shape index (κ3) is 1.69. The van der Waals surface area contributed by atoms with Crippen molar-refractivity contribution in [1.82, 2.24) is 0 Å². The molecule has 3 aromatic carbocycles. The van der Waals surface area contributed by atoms with Crippen molar-refractivity contribution in [3.05, 3.63) is 83.4 Å². The summed E-state index contributed by atoms with van der Waals surface area (Å²) in [5, 5.41) is 2.33. The number of benzene rings is 3. The van der Waals surface area contributed by atoms with Crippen molar-refractivity contribution in [1.29, 1.82) is 0 Å². The molecular weight excluding hydrogens is 260 g/mol. The van der Waals surface area contributed by atoms with Crippen LogP contribution < -0.4 is 0 Å². The minimum absolute atomic E-state index is 0.249. The lowest BCUT2D eigenvalue weighted by molar-refractivity contribution is 0.0180. The lowest BCUT2D eigenvalue weighted by Crippen LogP contribution is -2.23. The summed E-state index contributed by atoms with van der Waals surface area (Å²) < 4.78 is 5.72. The first-order valence-corrected chi connectivity index (χ1v) is 7.01. The molecular formula is C19H14O2. The molecule has 1 aliphatic heterocycles. The molecule has 0 saturated heterocycles. The second kappa shape index (κ2) is 4.19. The molecule has 1 heterocycles. The molecule has 0 amide bonds. The first-order chi connectivity index (χ1) is 10.2. The number of rotatable bonds is 1. The first-order valence-electron chi connectivity index (χ1n) is 7.01. The molecule has 102 valence electrons. The van der Waals surface area contributed by atoms with Crippen LogP contribution in [0.4, 0.5) is 0 Å². The summed E-state index contributed by atoms with van der Waals surface area (Å²) in [4.78, 5) is 12.1. The second-order valence-corrected chi connectivity index (χ2v) is 5.53. The van der Waals surface area contributed by atoms with Gasteiger partial charge in [-0.3, -0.25) is 0 Å². The quantitative estimate of drug-likeness (QED) is 0.619. The zero-order valence-electron chi connectivity index (χ0n) is 11.7. The van der Waals surface area contributed by atoms with E-state index >= 15 is 0 Å². The molecule has 0 fully saturated rings. The highest BCUT2D eigenvalue weighted by Gasteiger charge is 2.42. The van der Waals surface area contributed by atoms with Gasteiger partial charge in [0.2, 0.25) is 0 Å². The summed E-state index contributed by atoms with van der Waals surface area (Å²) in [6.45, 7) is 1.96. The Balaban J connectivity index is 1.94. The summed E-state index contributed by atoms with van der Waals surface area (Å²) in [7, 11) is 0. The Morgan fingerprint density at radius 3 is 2.43 bits per heavy atom. The Morgan fingerprint density at radius 1 is 0.857 bits per heavy atom. The van der Waals surface area contributed by atoms with Crippen LogP contribution in [-0.4, -0.2) is 5.97 Å². The second-order valence-electron chi connectivity index (χ2n) is 5.53. The lowest BCUT2D eigenvalue weighted by Gasteiger charge is -2.25. The van der Waals surface area contributed by atoms with Gasteiger partial charge in [-0.2, -0.15) is 0 Å². The van der Waals surface area contributed by atoms with Crippen molar-refractivity contribution in [2.24, 2.45) is 0 Å². The molecule has 21 heavy (non-hydrogen) atoms. The zero-order valence-corrected chi connectivity index (χ0v) is 11.7. The minimum Gasteiger partial charge on any atom is -0.446 e. The standard InChI is InChI=1S/C19H14O2/c1-19(17-9-5-4-8-16(17)18(20)21-19)15-11-10-13-6-2-3-7-14(13)12-15/h2-12H,1H3/t19-/m1/s1. The van der Waals surface area contributed by atoms with Crippen LogP contribution in [-0.2, 0) is 10.3 Å². The molecule has 1 aliphatic rings. The number of hydrogen-bond donors (Lipinski definition) is 0. The number of ether oxygens (including phenoxy) is 1. The topological polar surface area (TPSA) is 26.3 Å². The highest BCUT2D eigenvalue weighted by molar-refractivity contribution is 5.95. The van der Waals surface area contributed by atoms with Crippen LogP contribution in [0.2, 0.25) is 0 Å². The van der Waals surface area contributed by atoms with Crippen LogP contribution in [0.15, 0.2) is 66.7 Å². The van der Waals surface area contributed by atoms with E-state index in [-0.39, 0.29) is 5.97 Å². The van der Waals surface area contributed by atoms with Crippen LogP contribution in [0.25, 0.3) is 10.8 Å². The third-order valence-electron chi connectivity index (χ3n) is 4.26. The molecule has 0 N–H and O–H groups in total. The maximum Gasteiger partial charge on any atom is 0.339 e. The van der Waals surface area contributed by atoms with E-state index in [0.29, 0.717) is 5.56 Å². The molecule has 0 aromatic heterocycles. The Labute approximate surface area is 123 Å². The van der Waals surface area contributed by atoms with Gasteiger partial charge in [0, 0.05) is 11.1 Å². The largest absolute Gasteiger partial charge is 0.446 e. The van der Waals surface area contributed by atoms with E-state index in [1.807, 2.05) is 49.4 Å². The molecule has 4 rings (SSSR count). The smallest absolute Gasteiger partial charge is 0.339 e. The van der Waals surface area contributed by atoms with Crippen molar-refractivity contribution < 1.29 is 9.53 Å². The summed E-state index contributed by atoms with van der Waals surface area (Å²) in [5.74, 6) is -0.249. The highest BCUT2D eigenvalue weighted by Crippen LogP contribution is 2.42. The van der Waals surface area contributed by atoms with Gasteiger partial charge in [0.05, 0.1) is 5.56 Å². The van der Waals surface area contributed by atoms with E-state index in [2.05, 4.69) is 24.3 Å². The fourth-order valence-corrected chi connectivity index (χ4v) is 3.07. The van der Waals surface area contributed by atoms with Gasteiger partial charge in [0.15, 0.2) is 5.60 Å². The number of carbonyl (C=O) groups is 1. The van der Waals surface area contributed by atoms with Crippen molar-refractivity contribution in [3.8, 4) is 0 Å². The van der Waals surface area contributed by atoms with Gasteiger partial charge in [-0.1, -0.05) is 54.6 Å². The average Bonchev–Trinajstić information content (AvgIpc) is 2.80. The van der Waals surface area contributed by atoms with E-state index in [4.69, 9.17) is 4.74 Å². The van der Waals surface area contributed by atoms with Gasteiger partial charge >= 0.3 is 5.97 Å². The summed E-state index contributed by atoms with van der Waals surface area (Å²) in [6, 6.07) is 22.0. The number of hydrogen-bond acceptors (Lipinski definition) is 2. The summed E-state index contributed by atoms with van der Waals surface area (Å²) in [5.41, 5.74) is 1.88. The third-order valence-corrected chi connectivity index (χ3v) is 4.26. The normalized spacial score (nSPS) is 20.3. The molecule has 0 bridgehead atoms. The summed E-state index contributed by atoms with van der Waals surface area (Å²) >= 11 is 0. The fraction of sp³-hybridized carbons (Fsp3) is 0.105. The van der Waals surface area contributed by atoms with Gasteiger partial charge in [-0.15, -0.1) is 0 Å². The summed E-state index contributed by atoms with van der Waals surface area (Å²) in [6.07, 6.45) is 0. The number of cyclic esters (lactones) is 1. The van der Waals surface area contributed by atoms with E-state index < -0.39 is 5.60 Å². The van der Waals surface area contributed by atoms with Crippen molar-refractivity contribution in [3.63, 3.8) is 0 Å². The molecule has 2 heteroatoms.